The van der Waals surface area contributed by atoms with E-state index in [1.807, 2.05) is 6.07 Å². The lowest BCUT2D eigenvalue weighted by Crippen LogP contribution is -2.10. The Hall–Kier alpha value is -1.51. The van der Waals surface area contributed by atoms with Crippen LogP contribution in [0, 0.1) is 11.3 Å². The van der Waals surface area contributed by atoms with Gasteiger partial charge in [-0.05, 0) is 30.2 Å². The third-order valence-corrected chi connectivity index (χ3v) is 2.62. The van der Waals surface area contributed by atoms with Crippen LogP contribution in [-0.2, 0) is 22.6 Å². The summed E-state index contributed by atoms with van der Waals surface area (Å²) >= 11 is 4.13. The summed E-state index contributed by atoms with van der Waals surface area (Å²) < 4.78 is 4.83. The molecule has 1 aromatic carbocycles. The molecule has 5 heteroatoms. The zero-order valence-corrected chi connectivity index (χ0v) is 10.3. The number of aliphatic hydroxyl groups excluding tert-OH is 1. The highest BCUT2D eigenvalue weighted by atomic mass is 32.1. The van der Waals surface area contributed by atoms with E-state index < -0.39 is 0 Å². The molecule has 1 aromatic rings. The van der Waals surface area contributed by atoms with E-state index in [1.54, 1.807) is 19.1 Å². The predicted molar refractivity (Wildman–Crippen MR) is 64.7 cm³/mol. The molecule has 0 radical (unpaired) electrons. The van der Waals surface area contributed by atoms with Crippen molar-refractivity contribution >= 4 is 18.6 Å². The fraction of sp³-hybridized carbons (Fsp3) is 0.333. The van der Waals surface area contributed by atoms with Gasteiger partial charge in [0.05, 0.1) is 25.2 Å². The molecule has 0 amide bonds. The minimum absolute atomic E-state index is 0.0481. The van der Waals surface area contributed by atoms with Gasteiger partial charge in [-0.1, -0.05) is 0 Å². The molecule has 17 heavy (non-hydrogen) atoms. The summed E-state index contributed by atoms with van der Waals surface area (Å²) in [6, 6.07) is 5.14. The van der Waals surface area contributed by atoms with E-state index >= 15 is 0 Å². The van der Waals surface area contributed by atoms with Crippen molar-refractivity contribution in [1.29, 1.82) is 5.26 Å². The molecule has 0 spiro atoms. The van der Waals surface area contributed by atoms with Crippen LogP contribution in [0.1, 0.15) is 23.6 Å². The number of carbonyl (C=O) groups excluding carboxylic acids is 1. The molecular weight excluding hydrogens is 238 g/mol. The zero-order chi connectivity index (χ0) is 12.8. The first-order valence-electron chi connectivity index (χ1n) is 5.13. The van der Waals surface area contributed by atoms with E-state index in [9.17, 15) is 9.90 Å². The first-order chi connectivity index (χ1) is 8.12. The Morgan fingerprint density at radius 3 is 2.76 bits per heavy atom. The molecule has 0 heterocycles. The van der Waals surface area contributed by atoms with E-state index in [-0.39, 0.29) is 19.0 Å². The van der Waals surface area contributed by atoms with Gasteiger partial charge in [0, 0.05) is 4.90 Å². The summed E-state index contributed by atoms with van der Waals surface area (Å²) in [5.74, 6) is -0.377. The number of rotatable bonds is 4. The summed E-state index contributed by atoms with van der Waals surface area (Å²) in [6.45, 7) is 1.83. The number of benzene rings is 1. The number of ether oxygens (including phenoxy) is 1. The molecule has 0 fully saturated rings. The molecule has 0 bridgehead atoms. The molecule has 4 nitrogen and oxygen atoms in total. The van der Waals surface area contributed by atoms with Gasteiger partial charge in [0.2, 0.25) is 0 Å². The van der Waals surface area contributed by atoms with Crippen molar-refractivity contribution < 1.29 is 14.6 Å². The van der Waals surface area contributed by atoms with Crippen molar-refractivity contribution in [3.63, 3.8) is 0 Å². The molecule has 0 saturated heterocycles. The topological polar surface area (TPSA) is 70.3 Å². The zero-order valence-electron chi connectivity index (χ0n) is 9.43. The fourth-order valence-electron chi connectivity index (χ4n) is 1.45. The summed E-state index contributed by atoms with van der Waals surface area (Å²) in [5, 5.41) is 18.0. The normalized spacial score (nSPS) is 9.76. The molecular formula is C12H13NO3S. The van der Waals surface area contributed by atoms with Crippen LogP contribution in [0.2, 0.25) is 0 Å². The van der Waals surface area contributed by atoms with Crippen molar-refractivity contribution in [2.75, 3.05) is 6.61 Å². The van der Waals surface area contributed by atoms with E-state index in [0.717, 1.165) is 0 Å². The molecule has 0 aliphatic carbocycles. The Bertz CT molecular complexity index is 466. The fourth-order valence-corrected chi connectivity index (χ4v) is 1.72. The van der Waals surface area contributed by atoms with Crippen molar-refractivity contribution in [3.8, 4) is 6.07 Å². The Balaban J connectivity index is 3.05. The summed E-state index contributed by atoms with van der Waals surface area (Å²) in [7, 11) is 0. The van der Waals surface area contributed by atoms with Gasteiger partial charge in [0.25, 0.3) is 0 Å². The van der Waals surface area contributed by atoms with Crippen LogP contribution in [0.25, 0.3) is 0 Å². The predicted octanol–water partition coefficient (Wildman–Crippen LogP) is 1.44. The number of aliphatic hydroxyl groups is 1. The number of nitrogens with zero attached hydrogens (tertiary/aromatic N) is 1. The van der Waals surface area contributed by atoms with Crippen molar-refractivity contribution in [2.45, 2.75) is 24.8 Å². The Morgan fingerprint density at radius 2 is 2.24 bits per heavy atom. The van der Waals surface area contributed by atoms with E-state index in [1.165, 1.54) is 0 Å². The number of hydrogen-bond donors (Lipinski definition) is 2. The van der Waals surface area contributed by atoms with E-state index in [2.05, 4.69) is 12.6 Å². The molecule has 90 valence electrons. The van der Waals surface area contributed by atoms with Crippen LogP contribution in [0.15, 0.2) is 17.0 Å². The van der Waals surface area contributed by atoms with Crippen molar-refractivity contribution in [1.82, 2.24) is 0 Å². The van der Waals surface area contributed by atoms with Gasteiger partial charge >= 0.3 is 5.97 Å². The quantitative estimate of drug-likeness (QED) is 0.627. The highest BCUT2D eigenvalue weighted by Gasteiger charge is 2.11. The second-order valence-electron chi connectivity index (χ2n) is 3.39. The van der Waals surface area contributed by atoms with Crippen LogP contribution >= 0.6 is 12.6 Å². The number of thiol groups is 1. The molecule has 0 atom stereocenters. The summed E-state index contributed by atoms with van der Waals surface area (Å²) in [6.07, 6.45) is 0.0481. The lowest BCUT2D eigenvalue weighted by Gasteiger charge is -2.09. The Morgan fingerprint density at radius 1 is 1.53 bits per heavy atom. The van der Waals surface area contributed by atoms with Gasteiger partial charge in [0.1, 0.15) is 6.07 Å². The molecule has 0 aliphatic rings. The minimum Gasteiger partial charge on any atom is -0.466 e. The first kappa shape index (κ1) is 13.6. The maximum atomic E-state index is 11.4. The van der Waals surface area contributed by atoms with Crippen molar-refractivity contribution in [3.05, 3.63) is 28.8 Å². The smallest absolute Gasteiger partial charge is 0.310 e. The van der Waals surface area contributed by atoms with E-state index in [0.29, 0.717) is 28.2 Å². The third-order valence-electron chi connectivity index (χ3n) is 2.25. The summed E-state index contributed by atoms with van der Waals surface area (Å²) in [4.78, 5) is 11.8. The molecule has 0 aliphatic heterocycles. The van der Waals surface area contributed by atoms with Crippen molar-refractivity contribution in [2.24, 2.45) is 0 Å². The second kappa shape index (κ2) is 6.28. The molecule has 1 N–H and O–H groups in total. The number of nitriles is 1. The lowest BCUT2D eigenvalue weighted by molar-refractivity contribution is -0.142. The monoisotopic (exact) mass is 251 g/mol. The molecule has 1 rings (SSSR count). The van der Waals surface area contributed by atoms with Gasteiger partial charge in [-0.2, -0.15) is 5.26 Å². The SMILES string of the molecule is CCOC(=O)Cc1cc(C#N)c(S)cc1CO. The third kappa shape index (κ3) is 3.48. The van der Waals surface area contributed by atoms with Gasteiger partial charge in [-0.25, -0.2) is 0 Å². The number of esters is 1. The number of carbonyl (C=O) groups is 1. The highest BCUT2D eigenvalue weighted by Crippen LogP contribution is 2.20. The maximum absolute atomic E-state index is 11.4. The highest BCUT2D eigenvalue weighted by molar-refractivity contribution is 7.80. The largest absolute Gasteiger partial charge is 0.466 e. The van der Waals surface area contributed by atoms with Crippen LogP contribution in [0.4, 0.5) is 0 Å². The van der Waals surface area contributed by atoms with Gasteiger partial charge in [-0.3, -0.25) is 4.79 Å². The van der Waals surface area contributed by atoms with Gasteiger partial charge in [0.15, 0.2) is 0 Å². The van der Waals surface area contributed by atoms with E-state index in [4.69, 9.17) is 10.00 Å². The Kier molecular flexibility index (Phi) is 5.01. The second-order valence-corrected chi connectivity index (χ2v) is 3.87. The van der Waals surface area contributed by atoms with Gasteiger partial charge < -0.3 is 9.84 Å². The van der Waals surface area contributed by atoms with Gasteiger partial charge in [-0.15, -0.1) is 12.6 Å². The van der Waals surface area contributed by atoms with Crippen LogP contribution in [0.3, 0.4) is 0 Å². The number of hydrogen-bond acceptors (Lipinski definition) is 5. The maximum Gasteiger partial charge on any atom is 0.310 e. The standard InChI is InChI=1S/C12H13NO3S/c1-2-16-12(15)5-8-3-9(6-13)11(17)4-10(8)7-14/h3-4,14,17H,2,5,7H2,1H3. The lowest BCUT2D eigenvalue weighted by atomic mass is 10.0. The molecule has 0 aromatic heterocycles. The molecule has 0 unspecified atom stereocenters. The average molecular weight is 251 g/mol. The average Bonchev–Trinajstić information content (AvgIpc) is 2.31. The Labute approximate surface area is 105 Å². The van der Waals surface area contributed by atoms with Crippen LogP contribution in [-0.4, -0.2) is 17.7 Å². The minimum atomic E-state index is -0.377. The summed E-state index contributed by atoms with van der Waals surface area (Å²) in [5.41, 5.74) is 1.56. The first-order valence-corrected chi connectivity index (χ1v) is 5.58. The van der Waals surface area contributed by atoms with Crippen LogP contribution in [0.5, 0.6) is 0 Å². The van der Waals surface area contributed by atoms with Crippen LogP contribution < -0.4 is 0 Å². The molecule has 0 saturated carbocycles.